The normalized spacial score (nSPS) is 10.5. The molecule has 0 saturated carbocycles. The summed E-state index contributed by atoms with van der Waals surface area (Å²) in [6, 6.07) is 17.8. The van der Waals surface area contributed by atoms with Crippen molar-refractivity contribution < 1.29 is 4.79 Å². The standard InChI is InChI=1S/C16H12N2O/c17-16(19)14-7-8-15(18-10-14)13-6-5-11-3-1-2-4-12(11)9-13/h1-10H,(H2,17,19). The van der Waals surface area contributed by atoms with Crippen LogP contribution in [0.25, 0.3) is 22.0 Å². The average molecular weight is 248 g/mol. The molecule has 0 aliphatic rings. The zero-order chi connectivity index (χ0) is 13.2. The molecule has 0 bridgehead atoms. The van der Waals surface area contributed by atoms with Crippen LogP contribution in [0.1, 0.15) is 10.4 Å². The minimum Gasteiger partial charge on any atom is -0.366 e. The molecule has 1 heterocycles. The topological polar surface area (TPSA) is 56.0 Å². The summed E-state index contributed by atoms with van der Waals surface area (Å²) in [4.78, 5) is 15.3. The molecule has 2 N–H and O–H groups in total. The van der Waals surface area contributed by atoms with Gasteiger partial charge in [0, 0.05) is 11.8 Å². The molecule has 0 saturated heterocycles. The molecule has 0 spiro atoms. The fraction of sp³-hybridized carbons (Fsp3) is 0. The van der Waals surface area contributed by atoms with Crippen molar-refractivity contribution in [3.05, 3.63) is 66.4 Å². The lowest BCUT2D eigenvalue weighted by Gasteiger charge is -2.04. The van der Waals surface area contributed by atoms with Gasteiger partial charge in [0.25, 0.3) is 0 Å². The maximum absolute atomic E-state index is 11.0. The van der Waals surface area contributed by atoms with E-state index in [0.29, 0.717) is 5.56 Å². The van der Waals surface area contributed by atoms with E-state index >= 15 is 0 Å². The van der Waals surface area contributed by atoms with E-state index < -0.39 is 5.91 Å². The second-order valence-electron chi connectivity index (χ2n) is 4.36. The summed E-state index contributed by atoms with van der Waals surface area (Å²) in [6.07, 6.45) is 1.51. The smallest absolute Gasteiger partial charge is 0.250 e. The molecule has 1 amide bonds. The first-order valence-electron chi connectivity index (χ1n) is 5.99. The highest BCUT2D eigenvalue weighted by Crippen LogP contribution is 2.22. The number of hydrogen-bond donors (Lipinski definition) is 1. The Balaban J connectivity index is 2.06. The highest BCUT2D eigenvalue weighted by molar-refractivity contribution is 5.93. The highest BCUT2D eigenvalue weighted by atomic mass is 16.1. The zero-order valence-electron chi connectivity index (χ0n) is 10.2. The Hall–Kier alpha value is -2.68. The third-order valence-electron chi connectivity index (χ3n) is 3.09. The Morgan fingerprint density at radius 1 is 0.947 bits per heavy atom. The van der Waals surface area contributed by atoms with Crippen molar-refractivity contribution in [2.24, 2.45) is 5.73 Å². The van der Waals surface area contributed by atoms with Crippen LogP contribution in [-0.4, -0.2) is 10.9 Å². The SMILES string of the molecule is NC(=O)c1ccc(-c2ccc3ccccc3c2)nc1. The third kappa shape index (κ3) is 2.18. The molecule has 1 aromatic heterocycles. The minimum absolute atomic E-state index is 0.421. The van der Waals surface area contributed by atoms with E-state index in [1.807, 2.05) is 24.3 Å². The van der Waals surface area contributed by atoms with Gasteiger partial charge in [-0.2, -0.15) is 0 Å². The van der Waals surface area contributed by atoms with Gasteiger partial charge in [0.15, 0.2) is 0 Å². The first-order chi connectivity index (χ1) is 9.24. The summed E-state index contributed by atoms with van der Waals surface area (Å²) in [6.45, 7) is 0. The highest BCUT2D eigenvalue weighted by Gasteiger charge is 2.03. The first-order valence-corrected chi connectivity index (χ1v) is 5.99. The van der Waals surface area contributed by atoms with Gasteiger partial charge in [-0.05, 0) is 29.0 Å². The van der Waals surface area contributed by atoms with Crippen molar-refractivity contribution in [3.63, 3.8) is 0 Å². The Morgan fingerprint density at radius 3 is 2.42 bits per heavy atom. The number of aromatic nitrogens is 1. The summed E-state index contributed by atoms with van der Waals surface area (Å²) in [5, 5.41) is 2.36. The van der Waals surface area contributed by atoms with Gasteiger partial charge >= 0.3 is 0 Å². The van der Waals surface area contributed by atoms with Crippen LogP contribution in [0.15, 0.2) is 60.8 Å². The van der Waals surface area contributed by atoms with E-state index in [9.17, 15) is 4.79 Å². The number of fused-ring (bicyclic) bond motifs is 1. The van der Waals surface area contributed by atoms with E-state index in [-0.39, 0.29) is 0 Å². The Labute approximate surface area is 110 Å². The molecule has 3 nitrogen and oxygen atoms in total. The van der Waals surface area contributed by atoms with Crippen LogP contribution in [0.3, 0.4) is 0 Å². The monoisotopic (exact) mass is 248 g/mol. The van der Waals surface area contributed by atoms with E-state index in [1.54, 1.807) is 6.07 Å². The van der Waals surface area contributed by atoms with Crippen molar-refractivity contribution in [1.82, 2.24) is 4.98 Å². The molecule has 3 aromatic rings. The Morgan fingerprint density at radius 2 is 1.74 bits per heavy atom. The molecule has 0 atom stereocenters. The number of nitrogens with two attached hydrogens (primary N) is 1. The Bertz CT molecular complexity index is 748. The summed E-state index contributed by atoms with van der Waals surface area (Å²) in [5.41, 5.74) is 7.47. The van der Waals surface area contributed by atoms with Crippen LogP contribution in [0, 0.1) is 0 Å². The lowest BCUT2D eigenvalue weighted by atomic mass is 10.0. The van der Waals surface area contributed by atoms with Crippen molar-refractivity contribution in [2.45, 2.75) is 0 Å². The number of benzene rings is 2. The fourth-order valence-corrected chi connectivity index (χ4v) is 2.06. The number of carbonyl (C=O) groups excluding carboxylic acids is 1. The van der Waals surface area contributed by atoms with Crippen LogP contribution in [0.5, 0.6) is 0 Å². The summed E-state index contributed by atoms with van der Waals surface area (Å²) in [5.74, 6) is -0.461. The number of carbonyl (C=O) groups is 1. The second kappa shape index (κ2) is 4.53. The molecular formula is C16H12N2O. The number of pyridine rings is 1. The van der Waals surface area contributed by atoms with Gasteiger partial charge in [0.2, 0.25) is 5.91 Å². The molecule has 92 valence electrons. The lowest BCUT2D eigenvalue weighted by molar-refractivity contribution is 0.1000. The van der Waals surface area contributed by atoms with Gasteiger partial charge in [0.1, 0.15) is 0 Å². The van der Waals surface area contributed by atoms with Crippen LogP contribution >= 0.6 is 0 Å². The summed E-state index contributed by atoms with van der Waals surface area (Å²) < 4.78 is 0. The van der Waals surface area contributed by atoms with Gasteiger partial charge < -0.3 is 5.73 Å². The number of hydrogen-bond acceptors (Lipinski definition) is 2. The molecule has 0 aliphatic carbocycles. The van der Waals surface area contributed by atoms with Crippen molar-refractivity contribution in [1.29, 1.82) is 0 Å². The van der Waals surface area contributed by atoms with Gasteiger partial charge in [0.05, 0.1) is 11.3 Å². The minimum atomic E-state index is -0.461. The predicted molar refractivity (Wildman–Crippen MR) is 75.7 cm³/mol. The van der Waals surface area contributed by atoms with Gasteiger partial charge in [-0.1, -0.05) is 36.4 Å². The molecule has 0 unspecified atom stereocenters. The maximum atomic E-state index is 11.0. The molecule has 0 fully saturated rings. The molecule has 0 aliphatic heterocycles. The number of primary amides is 1. The predicted octanol–water partition coefficient (Wildman–Crippen LogP) is 3.00. The average Bonchev–Trinajstić information content (AvgIpc) is 2.47. The van der Waals surface area contributed by atoms with Gasteiger partial charge in [-0.15, -0.1) is 0 Å². The molecule has 0 radical (unpaired) electrons. The Kier molecular flexibility index (Phi) is 2.72. The largest absolute Gasteiger partial charge is 0.366 e. The fourth-order valence-electron chi connectivity index (χ4n) is 2.06. The molecule has 19 heavy (non-hydrogen) atoms. The van der Waals surface area contributed by atoms with E-state index in [0.717, 1.165) is 11.3 Å². The molecule has 2 aromatic carbocycles. The van der Waals surface area contributed by atoms with E-state index in [2.05, 4.69) is 29.2 Å². The number of nitrogens with zero attached hydrogens (tertiary/aromatic N) is 1. The summed E-state index contributed by atoms with van der Waals surface area (Å²) >= 11 is 0. The lowest BCUT2D eigenvalue weighted by Crippen LogP contribution is -2.10. The van der Waals surface area contributed by atoms with Gasteiger partial charge in [-0.3, -0.25) is 9.78 Å². The van der Waals surface area contributed by atoms with Crippen LogP contribution in [0.4, 0.5) is 0 Å². The van der Waals surface area contributed by atoms with Crippen molar-refractivity contribution in [2.75, 3.05) is 0 Å². The van der Waals surface area contributed by atoms with Crippen LogP contribution in [0.2, 0.25) is 0 Å². The maximum Gasteiger partial charge on any atom is 0.250 e. The summed E-state index contributed by atoms with van der Waals surface area (Å²) in [7, 11) is 0. The third-order valence-corrected chi connectivity index (χ3v) is 3.09. The van der Waals surface area contributed by atoms with Crippen LogP contribution < -0.4 is 5.73 Å². The number of amides is 1. The van der Waals surface area contributed by atoms with Gasteiger partial charge in [-0.25, -0.2) is 0 Å². The molecular weight excluding hydrogens is 236 g/mol. The van der Waals surface area contributed by atoms with E-state index in [4.69, 9.17) is 5.73 Å². The first kappa shape index (κ1) is 11.4. The van der Waals surface area contributed by atoms with Crippen molar-refractivity contribution >= 4 is 16.7 Å². The number of rotatable bonds is 2. The quantitative estimate of drug-likeness (QED) is 0.758. The molecule has 3 heteroatoms. The second-order valence-corrected chi connectivity index (χ2v) is 4.36. The zero-order valence-corrected chi connectivity index (χ0v) is 10.2. The van der Waals surface area contributed by atoms with E-state index in [1.165, 1.54) is 17.0 Å². The van der Waals surface area contributed by atoms with Crippen molar-refractivity contribution in [3.8, 4) is 11.3 Å². The van der Waals surface area contributed by atoms with Crippen LogP contribution in [-0.2, 0) is 0 Å². The molecule has 3 rings (SSSR count).